The predicted molar refractivity (Wildman–Crippen MR) is 89.4 cm³/mol. The first-order chi connectivity index (χ1) is 11.6. The van der Waals surface area contributed by atoms with Gasteiger partial charge in [0.15, 0.2) is 0 Å². The summed E-state index contributed by atoms with van der Waals surface area (Å²) >= 11 is 1.37. The second-order valence-corrected chi connectivity index (χ2v) is 6.49. The van der Waals surface area contributed by atoms with Crippen molar-refractivity contribution in [3.8, 4) is 0 Å². The van der Waals surface area contributed by atoms with Crippen LogP contribution in [-0.2, 0) is 12.4 Å². The van der Waals surface area contributed by atoms with Crippen LogP contribution >= 0.6 is 11.6 Å². The molecule has 2 rings (SSSR count). The lowest BCUT2D eigenvalue weighted by Gasteiger charge is -2.16. The molecule has 0 amide bonds. The van der Waals surface area contributed by atoms with Crippen molar-refractivity contribution in [2.24, 2.45) is 5.73 Å². The minimum absolute atomic E-state index is 0.350. The lowest BCUT2D eigenvalue weighted by Crippen LogP contribution is -2.40. The Morgan fingerprint density at radius 1 is 0.720 bits per heavy atom. The van der Waals surface area contributed by atoms with Gasteiger partial charge in [0, 0.05) is 6.54 Å². The van der Waals surface area contributed by atoms with Crippen LogP contribution in [0.4, 0.5) is 26.3 Å². The first-order valence-electron chi connectivity index (χ1n) is 7.29. The zero-order valence-electron chi connectivity index (χ0n) is 12.9. The molecule has 0 bridgehead atoms. The number of halogens is 6. The number of rotatable bonds is 5. The predicted octanol–water partition coefficient (Wildman–Crippen LogP) is 3.52. The lowest BCUT2D eigenvalue weighted by atomic mass is 9.61. The molecule has 0 saturated heterocycles. The molecule has 2 aromatic rings. The Morgan fingerprint density at radius 2 is 1.08 bits per heavy atom. The van der Waals surface area contributed by atoms with Gasteiger partial charge in [-0.2, -0.15) is 38.0 Å². The SMILES string of the molecule is NCCSB(c1ccc(C(F)(F)F)cc1)c1ccc(C(F)(F)F)cc1. The maximum Gasteiger partial charge on any atom is 0.416 e. The fourth-order valence-corrected chi connectivity index (χ4v) is 3.34. The van der Waals surface area contributed by atoms with Gasteiger partial charge in [-0.15, -0.1) is 0 Å². The van der Waals surface area contributed by atoms with Crippen LogP contribution in [0.1, 0.15) is 11.1 Å². The van der Waals surface area contributed by atoms with Crippen molar-refractivity contribution in [2.45, 2.75) is 12.4 Å². The summed E-state index contributed by atoms with van der Waals surface area (Å²) in [6, 6.07) is 9.24. The monoisotopic (exact) mass is 377 g/mol. The van der Waals surface area contributed by atoms with E-state index in [0.29, 0.717) is 23.2 Å². The molecule has 0 saturated carbocycles. The summed E-state index contributed by atoms with van der Waals surface area (Å²) in [5.41, 5.74) is 5.08. The molecule has 2 N–H and O–H groups in total. The van der Waals surface area contributed by atoms with E-state index < -0.39 is 29.5 Å². The lowest BCUT2D eigenvalue weighted by molar-refractivity contribution is -0.138. The van der Waals surface area contributed by atoms with Crippen LogP contribution in [0.2, 0.25) is 0 Å². The molecular weight excluding hydrogens is 363 g/mol. The van der Waals surface area contributed by atoms with Crippen molar-refractivity contribution in [3.63, 3.8) is 0 Å². The molecule has 1 nitrogen and oxygen atoms in total. The maximum atomic E-state index is 12.7. The van der Waals surface area contributed by atoms with Gasteiger partial charge in [-0.05, 0) is 5.75 Å². The van der Waals surface area contributed by atoms with E-state index in [1.165, 1.54) is 35.9 Å². The van der Waals surface area contributed by atoms with Gasteiger partial charge >= 0.3 is 12.4 Å². The summed E-state index contributed by atoms with van der Waals surface area (Å²) in [4.78, 5) is 0. The molecule has 0 aromatic heterocycles. The van der Waals surface area contributed by atoms with Gasteiger partial charge in [0.05, 0.1) is 11.1 Å². The fourth-order valence-electron chi connectivity index (χ4n) is 2.26. The summed E-state index contributed by atoms with van der Waals surface area (Å²) in [6.45, 7) is 0.350. The third kappa shape index (κ3) is 5.18. The average molecular weight is 377 g/mol. The zero-order chi connectivity index (χ0) is 18.7. The van der Waals surface area contributed by atoms with Gasteiger partial charge in [0.2, 0.25) is 0 Å². The number of nitrogens with two attached hydrogens (primary N) is 1. The van der Waals surface area contributed by atoms with Crippen molar-refractivity contribution in [1.29, 1.82) is 0 Å². The van der Waals surface area contributed by atoms with Crippen LogP contribution in [0.25, 0.3) is 0 Å². The Balaban J connectivity index is 2.32. The first kappa shape index (κ1) is 19.7. The van der Waals surface area contributed by atoms with Crippen LogP contribution in [0.5, 0.6) is 0 Å². The molecular formula is C16H14BF6NS. The Morgan fingerprint density at radius 3 is 1.36 bits per heavy atom. The van der Waals surface area contributed by atoms with Gasteiger partial charge in [-0.3, -0.25) is 0 Å². The van der Waals surface area contributed by atoms with E-state index in [9.17, 15) is 26.3 Å². The highest BCUT2D eigenvalue weighted by atomic mass is 32.2. The molecule has 0 radical (unpaired) electrons. The normalized spacial score (nSPS) is 12.3. The molecule has 0 fully saturated rings. The molecule has 0 heterocycles. The molecule has 0 atom stereocenters. The minimum atomic E-state index is -4.44. The summed E-state index contributed by atoms with van der Waals surface area (Å²) in [5, 5.41) is 0. The highest BCUT2D eigenvalue weighted by Gasteiger charge is 2.32. The van der Waals surface area contributed by atoms with E-state index in [4.69, 9.17) is 5.73 Å². The molecule has 134 valence electrons. The van der Waals surface area contributed by atoms with Crippen molar-refractivity contribution in [1.82, 2.24) is 0 Å². The van der Waals surface area contributed by atoms with Crippen LogP contribution in [0.3, 0.4) is 0 Å². The molecule has 0 spiro atoms. The van der Waals surface area contributed by atoms with E-state index in [-0.39, 0.29) is 0 Å². The fraction of sp³-hybridized carbons (Fsp3) is 0.250. The number of alkyl halides is 6. The number of benzene rings is 2. The second-order valence-electron chi connectivity index (χ2n) is 5.28. The van der Waals surface area contributed by atoms with Gasteiger partial charge in [0.1, 0.15) is 0 Å². The molecule has 0 unspecified atom stereocenters. The van der Waals surface area contributed by atoms with E-state index >= 15 is 0 Å². The highest BCUT2D eigenvalue weighted by molar-refractivity contribution is 8.28. The van der Waals surface area contributed by atoms with E-state index in [2.05, 4.69) is 0 Å². The smallest absolute Gasteiger partial charge is 0.330 e. The Hall–Kier alpha value is -1.61. The molecule has 0 aliphatic carbocycles. The average Bonchev–Trinajstić information content (AvgIpc) is 2.54. The van der Waals surface area contributed by atoms with E-state index in [1.807, 2.05) is 0 Å². The van der Waals surface area contributed by atoms with Crippen LogP contribution < -0.4 is 16.7 Å². The van der Waals surface area contributed by atoms with Crippen LogP contribution in [0, 0.1) is 0 Å². The van der Waals surface area contributed by atoms with Gasteiger partial charge in [-0.25, -0.2) is 0 Å². The van der Waals surface area contributed by atoms with Crippen molar-refractivity contribution in [2.75, 3.05) is 12.3 Å². The quantitative estimate of drug-likeness (QED) is 0.638. The molecule has 9 heteroatoms. The topological polar surface area (TPSA) is 26.0 Å². The summed E-state index contributed by atoms with van der Waals surface area (Å²) in [5.74, 6) is 0.125. The minimum Gasteiger partial charge on any atom is -0.330 e. The first-order valence-corrected chi connectivity index (χ1v) is 8.34. The largest absolute Gasteiger partial charge is 0.416 e. The molecule has 0 aliphatic heterocycles. The zero-order valence-corrected chi connectivity index (χ0v) is 13.7. The van der Waals surface area contributed by atoms with Crippen molar-refractivity contribution < 1.29 is 26.3 Å². The third-order valence-electron chi connectivity index (χ3n) is 3.48. The number of hydrogen-bond donors (Lipinski definition) is 1. The van der Waals surface area contributed by atoms with Gasteiger partial charge in [-0.1, -0.05) is 59.5 Å². The Bertz CT molecular complexity index is 624. The summed E-state index contributed by atoms with van der Waals surface area (Å²) < 4.78 is 76.0. The van der Waals surface area contributed by atoms with Gasteiger partial charge < -0.3 is 5.73 Å². The maximum absolute atomic E-state index is 12.7. The Labute approximate surface area is 145 Å². The summed E-state index contributed by atoms with van der Waals surface area (Å²) in [7, 11) is 0. The molecule has 0 aliphatic rings. The number of hydrogen-bond acceptors (Lipinski definition) is 2. The van der Waals surface area contributed by atoms with Crippen molar-refractivity contribution >= 4 is 28.5 Å². The Kier molecular flexibility index (Phi) is 6.10. The molecule has 2 aromatic carbocycles. The second kappa shape index (κ2) is 7.74. The standard InChI is InChI=1S/C16H14BF6NS/c18-15(19,20)11-1-5-13(6-2-11)17(25-10-9-24)14-7-3-12(4-8-14)16(21,22)23/h1-8H,9-10,24H2. The van der Waals surface area contributed by atoms with Crippen LogP contribution in [-0.4, -0.2) is 18.3 Å². The highest BCUT2D eigenvalue weighted by Crippen LogP contribution is 2.29. The molecule has 25 heavy (non-hydrogen) atoms. The van der Waals surface area contributed by atoms with E-state index in [1.54, 1.807) is 0 Å². The third-order valence-corrected chi connectivity index (χ3v) is 4.83. The van der Waals surface area contributed by atoms with Crippen molar-refractivity contribution in [3.05, 3.63) is 59.7 Å². The van der Waals surface area contributed by atoms with E-state index in [0.717, 1.165) is 24.3 Å². The summed E-state index contributed by atoms with van der Waals surface area (Å²) in [6.07, 6.45) is -8.88. The van der Waals surface area contributed by atoms with Crippen LogP contribution in [0.15, 0.2) is 48.5 Å². The van der Waals surface area contributed by atoms with Gasteiger partial charge in [0.25, 0.3) is 5.99 Å².